The quantitative estimate of drug-likeness (QED) is 0.724. The summed E-state index contributed by atoms with van der Waals surface area (Å²) in [7, 11) is 0. The monoisotopic (exact) mass is 338 g/mol. The average molecular weight is 338 g/mol. The van der Waals surface area contributed by atoms with Crippen LogP contribution in [0.25, 0.3) is 5.65 Å². The molecule has 0 amide bonds. The molecule has 0 unspecified atom stereocenters. The molecule has 1 atom stereocenters. The van der Waals surface area contributed by atoms with Gasteiger partial charge >= 0.3 is 0 Å². The molecule has 4 heterocycles. The summed E-state index contributed by atoms with van der Waals surface area (Å²) in [5.41, 5.74) is 0.928. The van der Waals surface area contributed by atoms with Crippen LogP contribution in [0.4, 0.5) is 0 Å². The molecular weight excluding hydrogens is 316 g/mol. The van der Waals surface area contributed by atoms with Crippen molar-refractivity contribution in [2.24, 2.45) is 0 Å². The molecule has 1 aliphatic carbocycles. The molecule has 2 fully saturated rings. The molecule has 2 aliphatic rings. The lowest BCUT2D eigenvalue weighted by Crippen LogP contribution is -2.36. The maximum atomic E-state index is 4.44. The molecule has 3 aromatic rings. The van der Waals surface area contributed by atoms with Crippen LogP contribution >= 0.6 is 0 Å². The highest BCUT2D eigenvalue weighted by molar-refractivity contribution is 5.37. The Kier molecular flexibility index (Phi) is 3.51. The first kappa shape index (κ1) is 14.9. The van der Waals surface area contributed by atoms with E-state index in [9.17, 15) is 0 Å². The molecule has 3 aromatic heterocycles. The van der Waals surface area contributed by atoms with Crippen molar-refractivity contribution in [3.8, 4) is 0 Å². The normalized spacial score (nSPS) is 21.0. The largest absolute Gasteiger partial charge is 0.294 e. The zero-order valence-electron chi connectivity index (χ0n) is 14.4. The van der Waals surface area contributed by atoms with Crippen molar-refractivity contribution in [2.75, 3.05) is 13.1 Å². The molecule has 8 heteroatoms. The molecule has 25 heavy (non-hydrogen) atoms. The van der Waals surface area contributed by atoms with Crippen LogP contribution in [0.3, 0.4) is 0 Å². The van der Waals surface area contributed by atoms with Gasteiger partial charge in [-0.3, -0.25) is 9.30 Å². The molecule has 5 rings (SSSR count). The molecule has 1 saturated heterocycles. The van der Waals surface area contributed by atoms with Gasteiger partial charge in [0, 0.05) is 12.1 Å². The predicted molar refractivity (Wildman–Crippen MR) is 91.0 cm³/mol. The van der Waals surface area contributed by atoms with Gasteiger partial charge in [-0.2, -0.15) is 0 Å². The molecule has 0 radical (unpaired) electrons. The summed E-state index contributed by atoms with van der Waals surface area (Å²) in [6, 6.07) is 6.82. The lowest BCUT2D eigenvalue weighted by Gasteiger charge is -2.34. The van der Waals surface area contributed by atoms with E-state index in [4.69, 9.17) is 0 Å². The van der Waals surface area contributed by atoms with Crippen LogP contribution in [0.5, 0.6) is 0 Å². The second kappa shape index (κ2) is 5.87. The fourth-order valence-corrected chi connectivity index (χ4v) is 3.90. The molecule has 8 nitrogen and oxygen atoms in total. The third-order valence-corrected chi connectivity index (χ3v) is 5.57. The molecule has 1 aliphatic heterocycles. The minimum atomic E-state index is 0.256. The number of fused-ring (bicyclic) bond motifs is 1. The Morgan fingerprint density at radius 3 is 2.68 bits per heavy atom. The first-order valence-corrected chi connectivity index (χ1v) is 9.13. The lowest BCUT2D eigenvalue weighted by molar-refractivity contribution is 0.151. The number of tetrazole rings is 1. The third kappa shape index (κ3) is 2.60. The van der Waals surface area contributed by atoms with Gasteiger partial charge in [0.2, 0.25) is 0 Å². The number of rotatable bonds is 4. The van der Waals surface area contributed by atoms with Crippen LogP contribution in [0, 0.1) is 0 Å². The molecule has 0 N–H and O–H groups in total. The van der Waals surface area contributed by atoms with E-state index in [0.717, 1.165) is 43.2 Å². The summed E-state index contributed by atoms with van der Waals surface area (Å²) in [5, 5.41) is 21.1. The SMILES string of the molecule is C[C@@H](c1nnnn1C1CC1)N1CCC(c2nnc3ccccn23)CC1. The smallest absolute Gasteiger partial charge is 0.168 e. The number of piperidine rings is 1. The fourth-order valence-electron chi connectivity index (χ4n) is 3.90. The van der Waals surface area contributed by atoms with Crippen LogP contribution in [0.2, 0.25) is 0 Å². The van der Waals surface area contributed by atoms with Crippen molar-refractivity contribution in [3.05, 3.63) is 36.0 Å². The van der Waals surface area contributed by atoms with Crippen LogP contribution in [-0.2, 0) is 0 Å². The zero-order chi connectivity index (χ0) is 16.8. The average Bonchev–Trinajstić information content (AvgIpc) is 3.23. The Balaban J connectivity index is 1.30. The van der Waals surface area contributed by atoms with Crippen molar-refractivity contribution >= 4 is 5.65 Å². The second-order valence-corrected chi connectivity index (χ2v) is 7.19. The number of hydrogen-bond donors (Lipinski definition) is 0. The van der Waals surface area contributed by atoms with E-state index in [2.05, 4.69) is 48.1 Å². The molecule has 0 bridgehead atoms. The van der Waals surface area contributed by atoms with E-state index in [-0.39, 0.29) is 6.04 Å². The number of nitrogens with zero attached hydrogens (tertiary/aromatic N) is 8. The van der Waals surface area contributed by atoms with Gasteiger partial charge < -0.3 is 0 Å². The molecule has 1 saturated carbocycles. The first-order valence-electron chi connectivity index (χ1n) is 9.13. The van der Waals surface area contributed by atoms with E-state index in [1.165, 1.54) is 12.8 Å². The zero-order valence-corrected chi connectivity index (χ0v) is 14.4. The molecule has 0 aromatic carbocycles. The van der Waals surface area contributed by atoms with Gasteiger partial charge in [0.25, 0.3) is 0 Å². The Morgan fingerprint density at radius 1 is 1.04 bits per heavy atom. The number of aromatic nitrogens is 7. The minimum absolute atomic E-state index is 0.256. The Morgan fingerprint density at radius 2 is 1.88 bits per heavy atom. The molecule has 0 spiro atoms. The summed E-state index contributed by atoms with van der Waals surface area (Å²) in [6.07, 6.45) is 6.64. The lowest BCUT2D eigenvalue weighted by atomic mass is 9.95. The highest BCUT2D eigenvalue weighted by Gasteiger charge is 2.33. The molecular formula is C17H22N8. The van der Waals surface area contributed by atoms with Gasteiger partial charge in [0.15, 0.2) is 11.5 Å². The van der Waals surface area contributed by atoms with E-state index in [1.54, 1.807) is 0 Å². The summed E-state index contributed by atoms with van der Waals surface area (Å²) in [6.45, 7) is 4.29. The van der Waals surface area contributed by atoms with Crippen molar-refractivity contribution in [2.45, 2.75) is 50.6 Å². The number of likely N-dealkylation sites (tertiary alicyclic amines) is 1. The summed E-state index contributed by atoms with van der Waals surface area (Å²) in [5.74, 6) is 2.56. The fraction of sp³-hybridized carbons (Fsp3) is 0.588. The number of pyridine rings is 1. The van der Waals surface area contributed by atoms with Gasteiger partial charge in [-0.05, 0) is 68.3 Å². The maximum absolute atomic E-state index is 4.44. The van der Waals surface area contributed by atoms with E-state index < -0.39 is 0 Å². The maximum Gasteiger partial charge on any atom is 0.168 e. The minimum Gasteiger partial charge on any atom is -0.294 e. The van der Waals surface area contributed by atoms with Crippen molar-refractivity contribution < 1.29 is 0 Å². The first-order chi connectivity index (χ1) is 12.3. The highest BCUT2D eigenvalue weighted by Crippen LogP contribution is 2.37. The summed E-state index contributed by atoms with van der Waals surface area (Å²) >= 11 is 0. The van der Waals surface area contributed by atoms with Crippen LogP contribution in [0.1, 0.15) is 62.3 Å². The Labute approximate surface area is 145 Å². The standard InChI is InChI=1S/C17H22N8/c1-12(16-20-21-22-25(16)14-5-6-14)23-10-7-13(8-11-23)17-19-18-15-4-2-3-9-24(15)17/h2-4,9,12-14H,5-8,10-11H2,1H3/t12-/m0/s1. The Hall–Kier alpha value is -2.35. The van der Waals surface area contributed by atoms with Crippen molar-refractivity contribution in [3.63, 3.8) is 0 Å². The van der Waals surface area contributed by atoms with Gasteiger partial charge in [-0.25, -0.2) is 4.68 Å². The van der Waals surface area contributed by atoms with Crippen LogP contribution in [-0.4, -0.2) is 52.8 Å². The van der Waals surface area contributed by atoms with Gasteiger partial charge in [-0.1, -0.05) is 6.07 Å². The van der Waals surface area contributed by atoms with Crippen molar-refractivity contribution in [1.82, 2.24) is 39.7 Å². The number of hydrogen-bond acceptors (Lipinski definition) is 6. The highest BCUT2D eigenvalue weighted by atomic mass is 15.6. The molecule has 130 valence electrons. The van der Waals surface area contributed by atoms with E-state index in [0.29, 0.717) is 12.0 Å². The predicted octanol–water partition coefficient (Wildman–Crippen LogP) is 1.99. The van der Waals surface area contributed by atoms with Crippen LogP contribution in [0.15, 0.2) is 24.4 Å². The Bertz CT molecular complexity index is 872. The summed E-state index contributed by atoms with van der Waals surface area (Å²) in [4.78, 5) is 2.49. The van der Waals surface area contributed by atoms with E-state index in [1.807, 2.05) is 22.9 Å². The van der Waals surface area contributed by atoms with Crippen molar-refractivity contribution in [1.29, 1.82) is 0 Å². The van der Waals surface area contributed by atoms with Gasteiger partial charge in [0.1, 0.15) is 5.82 Å². The van der Waals surface area contributed by atoms with E-state index >= 15 is 0 Å². The van der Waals surface area contributed by atoms with Crippen LogP contribution < -0.4 is 0 Å². The third-order valence-electron chi connectivity index (χ3n) is 5.57. The summed E-state index contributed by atoms with van der Waals surface area (Å²) < 4.78 is 4.15. The van der Waals surface area contributed by atoms with Gasteiger partial charge in [0.05, 0.1) is 12.1 Å². The topological polar surface area (TPSA) is 77.0 Å². The second-order valence-electron chi connectivity index (χ2n) is 7.19. The van der Waals surface area contributed by atoms with Gasteiger partial charge in [-0.15, -0.1) is 15.3 Å².